The van der Waals surface area contributed by atoms with Crippen LogP contribution in [0.5, 0.6) is 0 Å². The van der Waals surface area contributed by atoms with Crippen molar-refractivity contribution >= 4 is 46.9 Å². The first-order valence-corrected chi connectivity index (χ1v) is 13.0. The molecule has 0 spiro atoms. The van der Waals surface area contributed by atoms with Crippen molar-refractivity contribution in [1.82, 2.24) is 10.2 Å². The molecule has 0 fully saturated rings. The average Bonchev–Trinajstić information content (AvgIpc) is 3.18. The molecular weight excluding hydrogens is 420 g/mol. The number of carboxylic acids is 1. The van der Waals surface area contributed by atoms with E-state index in [-0.39, 0.29) is 0 Å². The van der Waals surface area contributed by atoms with Gasteiger partial charge in [-0.05, 0) is 24.0 Å². The largest absolute Gasteiger partial charge is 0.481 e. The Morgan fingerprint density at radius 1 is 0.931 bits per heavy atom. The normalized spacial score (nSPS) is 10.9. The summed E-state index contributed by atoms with van der Waals surface area (Å²) in [6.45, 7) is 3.78. The molecule has 158 valence electrons. The van der Waals surface area contributed by atoms with Gasteiger partial charge in [-0.1, -0.05) is 110 Å². The number of hydrogen-bond acceptors (Lipinski definition) is 6. The van der Waals surface area contributed by atoms with E-state index in [0.29, 0.717) is 6.42 Å². The third kappa shape index (κ3) is 10.9. The number of unbranched alkanes of at least 4 members (excludes halogenated alkanes) is 7. The zero-order valence-corrected chi connectivity index (χ0v) is 19.3. The zero-order chi connectivity index (χ0) is 20.7. The molecule has 0 aliphatic carbocycles. The van der Waals surface area contributed by atoms with Gasteiger partial charge < -0.3 is 5.11 Å². The summed E-state index contributed by atoms with van der Waals surface area (Å²) in [5, 5.41) is 17.2. The van der Waals surface area contributed by atoms with Gasteiger partial charge in [-0.3, -0.25) is 4.79 Å². The molecule has 0 aliphatic rings. The van der Waals surface area contributed by atoms with E-state index in [1.54, 1.807) is 23.1 Å². The predicted molar refractivity (Wildman–Crippen MR) is 126 cm³/mol. The first-order valence-electron chi connectivity index (χ1n) is 10.2. The van der Waals surface area contributed by atoms with Gasteiger partial charge in [-0.15, -0.1) is 10.2 Å². The maximum absolute atomic E-state index is 10.4. The Bertz CT molecular complexity index is 732. The lowest BCUT2D eigenvalue weighted by Gasteiger charge is -2.01. The van der Waals surface area contributed by atoms with Gasteiger partial charge in [0.1, 0.15) is 0 Å². The van der Waals surface area contributed by atoms with Crippen LogP contribution in [0, 0.1) is 0 Å². The lowest BCUT2D eigenvalue weighted by Crippen LogP contribution is -1.93. The van der Waals surface area contributed by atoms with E-state index in [0.717, 1.165) is 45.0 Å². The Balaban J connectivity index is 1.48. The third-order valence-electron chi connectivity index (χ3n) is 4.48. The molecule has 29 heavy (non-hydrogen) atoms. The van der Waals surface area contributed by atoms with Crippen molar-refractivity contribution in [3.8, 4) is 0 Å². The van der Waals surface area contributed by atoms with Crippen LogP contribution in [0.1, 0.15) is 68.9 Å². The van der Waals surface area contributed by atoms with Crippen LogP contribution in [0.25, 0.3) is 6.08 Å². The number of nitrogens with zero attached hydrogens (tertiary/aromatic N) is 2. The van der Waals surface area contributed by atoms with Crippen molar-refractivity contribution in [2.24, 2.45) is 0 Å². The number of carboxylic acid groups (broad SMARTS) is 1. The fraction of sp³-hybridized carbons (Fsp3) is 0.500. The van der Waals surface area contributed by atoms with Gasteiger partial charge in [0.15, 0.2) is 8.68 Å². The molecule has 0 bridgehead atoms. The number of benzene rings is 1. The smallest absolute Gasteiger partial charge is 0.303 e. The van der Waals surface area contributed by atoms with E-state index in [1.165, 1.54) is 37.7 Å². The van der Waals surface area contributed by atoms with Crippen molar-refractivity contribution in [1.29, 1.82) is 0 Å². The summed E-state index contributed by atoms with van der Waals surface area (Å²) in [6.07, 6.45) is 11.4. The fourth-order valence-electron chi connectivity index (χ4n) is 2.81. The van der Waals surface area contributed by atoms with E-state index in [9.17, 15) is 4.79 Å². The highest BCUT2D eigenvalue weighted by Crippen LogP contribution is 2.31. The van der Waals surface area contributed by atoms with Crippen LogP contribution in [-0.2, 0) is 10.5 Å². The van der Waals surface area contributed by atoms with Gasteiger partial charge in [-0.2, -0.15) is 0 Å². The molecule has 0 aliphatic heterocycles. The number of aromatic nitrogens is 2. The molecule has 7 heteroatoms. The second-order valence-corrected chi connectivity index (χ2v) is 10.4. The van der Waals surface area contributed by atoms with Crippen LogP contribution in [0.2, 0.25) is 0 Å². The molecule has 0 amide bonds. The highest BCUT2D eigenvalue weighted by molar-refractivity contribution is 8.02. The number of carbonyl (C=O) groups is 1. The standard InChI is InChI=1S/C22H30N2O2S3/c1-2-18-12-14-19(15-13-18)17-28-22-24-23-21(29-22)27-16-10-8-6-4-3-5-7-9-11-20(25)26/h2,12-15H,1,3-11,16-17H2,(H,25,26). The Kier molecular flexibility index (Phi) is 12.1. The van der Waals surface area contributed by atoms with Gasteiger partial charge in [0.25, 0.3) is 0 Å². The van der Waals surface area contributed by atoms with Crippen molar-refractivity contribution in [3.05, 3.63) is 42.0 Å². The van der Waals surface area contributed by atoms with Crippen molar-refractivity contribution in [3.63, 3.8) is 0 Å². The highest BCUT2D eigenvalue weighted by atomic mass is 32.2. The van der Waals surface area contributed by atoms with Crippen LogP contribution < -0.4 is 0 Å². The SMILES string of the molecule is C=Cc1ccc(CSc2nnc(SCCCCCCCCCCC(=O)O)s2)cc1. The summed E-state index contributed by atoms with van der Waals surface area (Å²) in [7, 11) is 0. The third-order valence-corrected chi connectivity index (χ3v) is 7.82. The molecule has 2 aromatic rings. The summed E-state index contributed by atoms with van der Waals surface area (Å²) in [6, 6.07) is 8.45. The second-order valence-electron chi connectivity index (χ2n) is 6.89. The molecule has 1 heterocycles. The predicted octanol–water partition coefficient (Wildman–Crippen LogP) is 7.16. The molecule has 2 rings (SSSR count). The maximum Gasteiger partial charge on any atom is 0.303 e. The monoisotopic (exact) mass is 450 g/mol. The molecular formula is C22H30N2O2S3. The molecule has 1 aromatic heterocycles. The minimum atomic E-state index is -0.679. The van der Waals surface area contributed by atoms with Gasteiger partial charge in [0, 0.05) is 17.9 Å². The van der Waals surface area contributed by atoms with Crippen molar-refractivity contribution < 1.29 is 9.90 Å². The minimum Gasteiger partial charge on any atom is -0.481 e. The van der Waals surface area contributed by atoms with Crippen LogP contribution in [-0.4, -0.2) is 27.0 Å². The molecule has 0 radical (unpaired) electrons. The van der Waals surface area contributed by atoms with Gasteiger partial charge in [0.05, 0.1) is 0 Å². The summed E-state index contributed by atoms with van der Waals surface area (Å²) in [5.41, 5.74) is 2.43. The van der Waals surface area contributed by atoms with Crippen LogP contribution in [0.4, 0.5) is 0 Å². The van der Waals surface area contributed by atoms with E-state index in [4.69, 9.17) is 5.11 Å². The first kappa shape index (κ1) is 24.0. The van der Waals surface area contributed by atoms with Gasteiger partial charge >= 0.3 is 5.97 Å². The maximum atomic E-state index is 10.4. The van der Waals surface area contributed by atoms with Gasteiger partial charge in [0.2, 0.25) is 0 Å². The average molecular weight is 451 g/mol. The number of hydrogen-bond donors (Lipinski definition) is 1. The second kappa shape index (κ2) is 14.6. The Hall–Kier alpha value is -1.31. The summed E-state index contributed by atoms with van der Waals surface area (Å²) in [5.74, 6) is 1.33. The van der Waals surface area contributed by atoms with Crippen LogP contribution >= 0.6 is 34.9 Å². The number of aliphatic carboxylic acids is 1. The molecule has 0 saturated heterocycles. The van der Waals surface area contributed by atoms with E-state index in [2.05, 4.69) is 41.0 Å². The summed E-state index contributed by atoms with van der Waals surface area (Å²) >= 11 is 5.24. The van der Waals surface area contributed by atoms with Crippen molar-refractivity contribution in [2.45, 2.75) is 72.2 Å². The molecule has 0 unspecified atom stereocenters. The van der Waals surface area contributed by atoms with E-state index in [1.807, 2.05) is 17.8 Å². The molecule has 4 nitrogen and oxygen atoms in total. The van der Waals surface area contributed by atoms with Gasteiger partial charge in [-0.25, -0.2) is 0 Å². The first-order chi connectivity index (χ1) is 14.2. The zero-order valence-electron chi connectivity index (χ0n) is 16.8. The number of rotatable bonds is 16. The molecule has 0 atom stereocenters. The molecule has 1 N–H and O–H groups in total. The van der Waals surface area contributed by atoms with E-state index < -0.39 is 5.97 Å². The Morgan fingerprint density at radius 3 is 2.14 bits per heavy atom. The topological polar surface area (TPSA) is 63.1 Å². The lowest BCUT2D eigenvalue weighted by molar-refractivity contribution is -0.137. The Morgan fingerprint density at radius 2 is 1.52 bits per heavy atom. The van der Waals surface area contributed by atoms with E-state index >= 15 is 0 Å². The van der Waals surface area contributed by atoms with Crippen LogP contribution in [0.3, 0.4) is 0 Å². The molecule has 0 saturated carbocycles. The summed E-state index contributed by atoms with van der Waals surface area (Å²) in [4.78, 5) is 10.4. The van der Waals surface area contributed by atoms with Crippen LogP contribution in [0.15, 0.2) is 39.5 Å². The lowest BCUT2D eigenvalue weighted by atomic mass is 10.1. The fourth-order valence-corrected chi connectivity index (χ4v) is 5.85. The quantitative estimate of drug-likeness (QED) is 0.216. The highest BCUT2D eigenvalue weighted by Gasteiger charge is 2.06. The minimum absolute atomic E-state index is 0.311. The summed E-state index contributed by atoms with van der Waals surface area (Å²) < 4.78 is 2.09. The van der Waals surface area contributed by atoms with Crippen molar-refractivity contribution in [2.75, 3.05) is 5.75 Å². The molecule has 1 aromatic carbocycles. The Labute approximate surface area is 186 Å². The number of thioether (sulfide) groups is 2.